The van der Waals surface area contributed by atoms with Crippen LogP contribution >= 0.6 is 15.9 Å². The lowest BCUT2D eigenvalue weighted by molar-refractivity contribution is -0.143. The fourth-order valence-electron chi connectivity index (χ4n) is 2.17. The Bertz CT molecular complexity index is 475. The monoisotopic (exact) mass is 311 g/mol. The number of likely N-dealkylation sites (tertiary alicyclic amines) is 1. The van der Waals surface area contributed by atoms with Crippen LogP contribution in [-0.2, 0) is 4.79 Å². The minimum atomic E-state index is -0.820. The van der Waals surface area contributed by atoms with Gasteiger partial charge in [0.05, 0.1) is 11.5 Å². The Hall–Kier alpha value is -1.36. The molecule has 1 amide bonds. The molecule has 0 unspecified atom stereocenters. The van der Waals surface area contributed by atoms with Crippen LogP contribution in [0, 0.1) is 5.92 Å². The van der Waals surface area contributed by atoms with Crippen molar-refractivity contribution in [1.29, 1.82) is 0 Å². The third-order valence-corrected chi connectivity index (χ3v) is 3.85. The van der Waals surface area contributed by atoms with Gasteiger partial charge in [0.2, 0.25) is 0 Å². The van der Waals surface area contributed by atoms with E-state index in [1.54, 1.807) is 17.0 Å². The van der Waals surface area contributed by atoms with Crippen LogP contribution in [0.4, 0.5) is 0 Å². The highest BCUT2D eigenvalue weighted by Crippen LogP contribution is 2.22. The van der Waals surface area contributed by atoms with E-state index in [0.717, 1.165) is 10.9 Å². The third kappa shape index (κ3) is 2.72. The number of carboxylic acid groups (broad SMARTS) is 1. The Balaban J connectivity index is 2.14. The average molecular weight is 312 g/mol. The fourth-order valence-corrected chi connectivity index (χ4v) is 2.62. The molecule has 5 heteroatoms. The topological polar surface area (TPSA) is 57.6 Å². The second-order valence-corrected chi connectivity index (χ2v) is 5.26. The number of piperidine rings is 1. The summed E-state index contributed by atoms with van der Waals surface area (Å²) in [4.78, 5) is 24.9. The number of nitrogens with zero attached hydrogens (tertiary/aromatic N) is 1. The lowest BCUT2D eigenvalue weighted by Crippen LogP contribution is -2.42. The molecule has 0 bridgehead atoms. The molecule has 1 aromatic rings. The lowest BCUT2D eigenvalue weighted by Gasteiger charge is -2.31. The molecule has 0 radical (unpaired) electrons. The van der Waals surface area contributed by atoms with E-state index in [-0.39, 0.29) is 5.91 Å². The number of carbonyl (C=O) groups excluding carboxylic acids is 1. The number of hydrogen-bond acceptors (Lipinski definition) is 2. The molecule has 96 valence electrons. The van der Waals surface area contributed by atoms with Crippen molar-refractivity contribution >= 4 is 27.8 Å². The van der Waals surface area contributed by atoms with Gasteiger partial charge in [0.25, 0.3) is 5.91 Å². The van der Waals surface area contributed by atoms with Crippen molar-refractivity contribution < 1.29 is 14.7 Å². The molecular weight excluding hydrogens is 298 g/mol. The van der Waals surface area contributed by atoms with Crippen molar-refractivity contribution in [2.75, 3.05) is 13.1 Å². The van der Waals surface area contributed by atoms with E-state index in [4.69, 9.17) is 5.11 Å². The molecule has 1 heterocycles. The molecule has 0 aromatic heterocycles. The summed E-state index contributed by atoms with van der Waals surface area (Å²) >= 11 is 3.34. The molecule has 0 aliphatic carbocycles. The third-order valence-electron chi connectivity index (χ3n) is 3.16. The van der Waals surface area contributed by atoms with Crippen LogP contribution < -0.4 is 0 Å². The zero-order valence-electron chi connectivity index (χ0n) is 9.80. The van der Waals surface area contributed by atoms with Gasteiger partial charge in [-0.25, -0.2) is 0 Å². The molecular formula is C13H14BrNO3. The van der Waals surface area contributed by atoms with Gasteiger partial charge in [-0.1, -0.05) is 12.1 Å². The lowest BCUT2D eigenvalue weighted by atomic mass is 9.97. The smallest absolute Gasteiger partial charge is 0.308 e. The van der Waals surface area contributed by atoms with E-state index in [9.17, 15) is 9.59 Å². The van der Waals surface area contributed by atoms with E-state index in [1.807, 2.05) is 12.1 Å². The van der Waals surface area contributed by atoms with Gasteiger partial charge >= 0.3 is 5.97 Å². The number of aliphatic carboxylic acids is 1. The van der Waals surface area contributed by atoms with Crippen molar-refractivity contribution in [2.45, 2.75) is 12.8 Å². The van der Waals surface area contributed by atoms with Crippen molar-refractivity contribution in [3.63, 3.8) is 0 Å². The highest BCUT2D eigenvalue weighted by Gasteiger charge is 2.29. The molecule has 1 saturated heterocycles. The van der Waals surface area contributed by atoms with Crippen LogP contribution in [0.1, 0.15) is 23.2 Å². The summed E-state index contributed by atoms with van der Waals surface area (Å²) in [5.41, 5.74) is 0.587. The Morgan fingerprint density at radius 1 is 1.33 bits per heavy atom. The summed E-state index contributed by atoms with van der Waals surface area (Å²) in [7, 11) is 0. The predicted octanol–water partition coefficient (Wildman–Crippen LogP) is 2.39. The minimum Gasteiger partial charge on any atom is -0.481 e. The van der Waals surface area contributed by atoms with Crippen LogP contribution in [0.25, 0.3) is 0 Å². The standard InChI is InChI=1S/C13H14BrNO3/c14-11-6-2-1-5-10(11)12(16)15-7-3-4-9(8-15)13(17)18/h1-2,5-6,9H,3-4,7-8H2,(H,17,18)/t9-/m1/s1. The Morgan fingerprint density at radius 2 is 2.06 bits per heavy atom. The maximum atomic E-state index is 12.3. The minimum absolute atomic E-state index is 0.103. The number of hydrogen-bond donors (Lipinski definition) is 1. The van der Waals surface area contributed by atoms with Gasteiger partial charge in [0.15, 0.2) is 0 Å². The van der Waals surface area contributed by atoms with Crippen LogP contribution in [0.15, 0.2) is 28.7 Å². The molecule has 1 N–H and O–H groups in total. The quantitative estimate of drug-likeness (QED) is 0.912. The first-order valence-corrected chi connectivity index (χ1v) is 6.65. The molecule has 0 saturated carbocycles. The number of halogens is 1. The number of benzene rings is 1. The zero-order chi connectivity index (χ0) is 13.1. The molecule has 0 spiro atoms. The molecule has 2 rings (SSSR count). The Morgan fingerprint density at radius 3 is 2.72 bits per heavy atom. The molecule has 4 nitrogen and oxygen atoms in total. The van der Waals surface area contributed by atoms with Gasteiger partial charge in [-0.05, 0) is 40.9 Å². The van der Waals surface area contributed by atoms with Gasteiger partial charge in [-0.3, -0.25) is 9.59 Å². The number of carbonyl (C=O) groups is 2. The van der Waals surface area contributed by atoms with Crippen LogP contribution in [0.2, 0.25) is 0 Å². The van der Waals surface area contributed by atoms with Gasteiger partial charge in [0, 0.05) is 17.6 Å². The van der Waals surface area contributed by atoms with Crippen LogP contribution in [-0.4, -0.2) is 35.0 Å². The molecule has 18 heavy (non-hydrogen) atoms. The maximum Gasteiger partial charge on any atom is 0.308 e. The number of amides is 1. The molecule has 1 fully saturated rings. The van der Waals surface area contributed by atoms with Gasteiger partial charge < -0.3 is 10.0 Å². The SMILES string of the molecule is O=C(O)[C@@H]1CCCN(C(=O)c2ccccc2Br)C1. The average Bonchev–Trinajstić information content (AvgIpc) is 2.38. The molecule has 1 aromatic carbocycles. The summed E-state index contributed by atoms with van der Waals surface area (Å²) in [6.07, 6.45) is 1.39. The zero-order valence-corrected chi connectivity index (χ0v) is 11.4. The van der Waals surface area contributed by atoms with E-state index in [1.165, 1.54) is 0 Å². The normalized spacial score (nSPS) is 19.6. The van der Waals surface area contributed by atoms with Crippen molar-refractivity contribution in [3.05, 3.63) is 34.3 Å². The second-order valence-electron chi connectivity index (χ2n) is 4.41. The van der Waals surface area contributed by atoms with Gasteiger partial charge in [-0.15, -0.1) is 0 Å². The van der Waals surface area contributed by atoms with Crippen LogP contribution in [0.5, 0.6) is 0 Å². The van der Waals surface area contributed by atoms with Crippen LogP contribution in [0.3, 0.4) is 0 Å². The van der Waals surface area contributed by atoms with E-state index >= 15 is 0 Å². The predicted molar refractivity (Wildman–Crippen MR) is 70.4 cm³/mol. The number of carboxylic acids is 1. The van der Waals surface area contributed by atoms with E-state index in [2.05, 4.69) is 15.9 Å². The largest absolute Gasteiger partial charge is 0.481 e. The van der Waals surface area contributed by atoms with Crippen molar-refractivity contribution in [3.8, 4) is 0 Å². The fraction of sp³-hybridized carbons (Fsp3) is 0.385. The molecule has 1 aliphatic rings. The van der Waals surface area contributed by atoms with Gasteiger partial charge in [0.1, 0.15) is 0 Å². The first-order valence-electron chi connectivity index (χ1n) is 5.86. The first kappa shape index (κ1) is 13.1. The Kier molecular flexibility index (Phi) is 4.01. The Labute approximate surface area is 114 Å². The second kappa shape index (κ2) is 5.52. The highest BCUT2D eigenvalue weighted by atomic mass is 79.9. The summed E-state index contributed by atoms with van der Waals surface area (Å²) in [6, 6.07) is 7.20. The van der Waals surface area contributed by atoms with E-state index < -0.39 is 11.9 Å². The van der Waals surface area contributed by atoms with Gasteiger partial charge in [-0.2, -0.15) is 0 Å². The molecule has 1 atom stereocenters. The summed E-state index contributed by atoms with van der Waals surface area (Å²) in [5.74, 6) is -1.36. The number of rotatable bonds is 2. The summed E-state index contributed by atoms with van der Waals surface area (Å²) < 4.78 is 0.743. The highest BCUT2D eigenvalue weighted by molar-refractivity contribution is 9.10. The summed E-state index contributed by atoms with van der Waals surface area (Å²) in [5, 5.41) is 9.02. The summed E-state index contributed by atoms with van der Waals surface area (Å²) in [6.45, 7) is 0.930. The van der Waals surface area contributed by atoms with E-state index in [0.29, 0.717) is 25.1 Å². The molecule has 1 aliphatic heterocycles. The maximum absolute atomic E-state index is 12.3. The van der Waals surface area contributed by atoms with Crippen molar-refractivity contribution in [1.82, 2.24) is 4.90 Å². The van der Waals surface area contributed by atoms with Crippen molar-refractivity contribution in [2.24, 2.45) is 5.92 Å². The first-order chi connectivity index (χ1) is 8.59.